The summed E-state index contributed by atoms with van der Waals surface area (Å²) < 4.78 is 38.0. The zero-order chi connectivity index (χ0) is 11.9. The Labute approximate surface area is 89.6 Å². The molecule has 1 unspecified atom stereocenters. The molecule has 0 bridgehead atoms. The third-order valence-electron chi connectivity index (χ3n) is 2.37. The zero-order valence-corrected chi connectivity index (χ0v) is 8.35. The van der Waals surface area contributed by atoms with Gasteiger partial charge >= 0.3 is 12.2 Å². The molecule has 1 aliphatic rings. The highest BCUT2D eigenvalue weighted by molar-refractivity contribution is 5.93. The molecule has 2 rings (SSSR count). The van der Waals surface area contributed by atoms with E-state index in [2.05, 4.69) is 5.32 Å². The molecule has 16 heavy (non-hydrogen) atoms. The van der Waals surface area contributed by atoms with E-state index in [-0.39, 0.29) is 11.3 Å². The van der Waals surface area contributed by atoms with Crippen molar-refractivity contribution in [2.75, 3.05) is 5.32 Å². The van der Waals surface area contributed by atoms with Crippen molar-refractivity contribution in [2.45, 2.75) is 19.1 Å². The number of benzene rings is 1. The summed E-state index contributed by atoms with van der Waals surface area (Å²) in [6, 6.07) is 1.77. The monoisotopic (exact) mass is 230 g/mol. The number of aryl methyl sites for hydroxylation is 1. The number of urea groups is 1. The average Bonchev–Trinajstić information content (AvgIpc) is 2.16. The third-order valence-corrected chi connectivity index (χ3v) is 2.37. The Balaban J connectivity index is 2.52. The lowest BCUT2D eigenvalue weighted by atomic mass is 10.00. The topological polar surface area (TPSA) is 41.1 Å². The second-order valence-electron chi connectivity index (χ2n) is 3.66. The van der Waals surface area contributed by atoms with Crippen LogP contribution in [0, 0.1) is 6.92 Å². The fourth-order valence-electron chi connectivity index (χ4n) is 1.66. The fourth-order valence-corrected chi connectivity index (χ4v) is 1.66. The van der Waals surface area contributed by atoms with Gasteiger partial charge in [-0.1, -0.05) is 17.7 Å². The Morgan fingerprint density at radius 3 is 2.62 bits per heavy atom. The largest absolute Gasteiger partial charge is 0.413 e. The van der Waals surface area contributed by atoms with Crippen molar-refractivity contribution in [3.05, 3.63) is 29.3 Å². The molecular formula is C10H9F3N2O. The summed E-state index contributed by atoms with van der Waals surface area (Å²) in [6.07, 6.45) is -4.49. The second kappa shape index (κ2) is 3.40. The first-order valence-corrected chi connectivity index (χ1v) is 4.63. The Morgan fingerprint density at radius 1 is 1.31 bits per heavy atom. The summed E-state index contributed by atoms with van der Waals surface area (Å²) in [4.78, 5) is 11.0. The van der Waals surface area contributed by atoms with Crippen LogP contribution in [0.2, 0.25) is 0 Å². The number of amides is 2. The van der Waals surface area contributed by atoms with Gasteiger partial charge < -0.3 is 10.6 Å². The zero-order valence-electron chi connectivity index (χ0n) is 8.35. The Kier molecular flexibility index (Phi) is 2.29. The molecule has 1 atom stereocenters. The van der Waals surface area contributed by atoms with E-state index < -0.39 is 18.2 Å². The first-order valence-electron chi connectivity index (χ1n) is 4.63. The van der Waals surface area contributed by atoms with Gasteiger partial charge in [0.05, 0.1) is 0 Å². The van der Waals surface area contributed by atoms with Crippen molar-refractivity contribution < 1.29 is 18.0 Å². The summed E-state index contributed by atoms with van der Waals surface area (Å²) in [5.41, 5.74) is 0.967. The quantitative estimate of drug-likeness (QED) is 0.706. The third kappa shape index (κ3) is 1.82. The molecule has 0 saturated heterocycles. The number of alkyl halides is 3. The summed E-state index contributed by atoms with van der Waals surface area (Å²) in [5.74, 6) is 0. The minimum atomic E-state index is -4.49. The van der Waals surface area contributed by atoms with Gasteiger partial charge in [0, 0.05) is 11.3 Å². The molecule has 2 N–H and O–H groups in total. The van der Waals surface area contributed by atoms with Crippen molar-refractivity contribution in [3.63, 3.8) is 0 Å². The van der Waals surface area contributed by atoms with Crippen molar-refractivity contribution >= 4 is 11.7 Å². The molecule has 3 nitrogen and oxygen atoms in total. The summed E-state index contributed by atoms with van der Waals surface area (Å²) >= 11 is 0. The van der Waals surface area contributed by atoms with Crippen LogP contribution in [0.25, 0.3) is 0 Å². The summed E-state index contributed by atoms with van der Waals surface area (Å²) in [6.45, 7) is 1.70. The minimum Gasteiger partial charge on any atom is -0.322 e. The normalized spacial score (nSPS) is 19.8. The van der Waals surface area contributed by atoms with Gasteiger partial charge in [-0.05, 0) is 13.0 Å². The number of anilines is 1. The number of nitrogens with one attached hydrogen (secondary N) is 2. The van der Waals surface area contributed by atoms with Gasteiger partial charge in [0.15, 0.2) is 6.04 Å². The minimum absolute atomic E-state index is 0.0482. The predicted molar refractivity (Wildman–Crippen MR) is 52.1 cm³/mol. The maximum Gasteiger partial charge on any atom is 0.413 e. The number of carbonyl (C=O) groups excluding carboxylic acids is 1. The molecular weight excluding hydrogens is 221 g/mol. The van der Waals surface area contributed by atoms with Crippen molar-refractivity contribution in [1.29, 1.82) is 0 Å². The predicted octanol–water partition coefficient (Wildman–Crippen LogP) is 2.73. The second-order valence-corrected chi connectivity index (χ2v) is 3.66. The highest BCUT2D eigenvalue weighted by Gasteiger charge is 2.45. The molecule has 2 amide bonds. The lowest BCUT2D eigenvalue weighted by Crippen LogP contribution is -2.44. The van der Waals surface area contributed by atoms with Gasteiger partial charge in [0.2, 0.25) is 0 Å². The molecule has 6 heteroatoms. The van der Waals surface area contributed by atoms with E-state index in [1.54, 1.807) is 13.0 Å². The van der Waals surface area contributed by atoms with Crippen molar-refractivity contribution in [3.8, 4) is 0 Å². The van der Waals surface area contributed by atoms with Gasteiger partial charge in [-0.2, -0.15) is 13.2 Å². The lowest BCUT2D eigenvalue weighted by Gasteiger charge is -2.29. The van der Waals surface area contributed by atoms with Crippen LogP contribution >= 0.6 is 0 Å². The molecule has 1 aromatic carbocycles. The number of fused-ring (bicyclic) bond motifs is 1. The molecule has 1 aromatic rings. The molecule has 1 heterocycles. The molecule has 86 valence electrons. The molecule has 0 aromatic heterocycles. The maximum absolute atomic E-state index is 12.7. The van der Waals surface area contributed by atoms with Gasteiger partial charge in [-0.25, -0.2) is 4.79 Å². The van der Waals surface area contributed by atoms with Crippen LogP contribution in [0.3, 0.4) is 0 Å². The fraction of sp³-hybridized carbons (Fsp3) is 0.300. The van der Waals surface area contributed by atoms with E-state index in [1.807, 2.05) is 5.32 Å². The summed E-state index contributed by atoms with van der Waals surface area (Å²) in [7, 11) is 0. The van der Waals surface area contributed by atoms with Crippen molar-refractivity contribution in [2.24, 2.45) is 0 Å². The van der Waals surface area contributed by atoms with Gasteiger partial charge in [0.25, 0.3) is 0 Å². The van der Waals surface area contributed by atoms with Crippen LogP contribution in [-0.2, 0) is 0 Å². The number of halogens is 3. The van der Waals surface area contributed by atoms with Crippen LogP contribution in [0.1, 0.15) is 17.2 Å². The number of rotatable bonds is 0. The molecule has 0 aliphatic carbocycles. The van der Waals surface area contributed by atoms with Gasteiger partial charge in [0.1, 0.15) is 0 Å². The number of hydrogen-bond donors (Lipinski definition) is 2. The smallest absolute Gasteiger partial charge is 0.322 e. The van der Waals surface area contributed by atoms with Crippen LogP contribution in [-0.4, -0.2) is 12.2 Å². The Morgan fingerprint density at radius 2 is 2.00 bits per heavy atom. The van der Waals surface area contributed by atoms with E-state index in [1.165, 1.54) is 12.1 Å². The Bertz CT molecular complexity index is 442. The first-order chi connectivity index (χ1) is 7.38. The van der Waals surface area contributed by atoms with Crippen LogP contribution in [0.4, 0.5) is 23.7 Å². The molecule has 0 fully saturated rings. The summed E-state index contributed by atoms with van der Waals surface area (Å²) in [5, 5.41) is 4.20. The van der Waals surface area contributed by atoms with Crippen molar-refractivity contribution in [1.82, 2.24) is 5.32 Å². The van der Waals surface area contributed by atoms with Gasteiger partial charge in [-0.3, -0.25) is 0 Å². The SMILES string of the molecule is Cc1ccc2c(c1)C(C(F)(F)F)NC(=O)N2. The standard InChI is InChI=1S/C10H9F3N2O/c1-5-2-3-7-6(4-5)8(10(11,12)13)15-9(16)14-7/h2-4,8H,1H3,(H2,14,15,16). The average molecular weight is 230 g/mol. The van der Waals surface area contributed by atoms with E-state index in [0.717, 1.165) is 0 Å². The lowest BCUT2D eigenvalue weighted by molar-refractivity contribution is -0.155. The van der Waals surface area contributed by atoms with Crippen LogP contribution < -0.4 is 10.6 Å². The Hall–Kier alpha value is -1.72. The van der Waals surface area contributed by atoms with E-state index in [4.69, 9.17) is 0 Å². The molecule has 0 saturated carbocycles. The maximum atomic E-state index is 12.7. The molecule has 0 spiro atoms. The molecule has 1 aliphatic heterocycles. The highest BCUT2D eigenvalue weighted by atomic mass is 19.4. The number of carbonyl (C=O) groups is 1. The highest BCUT2D eigenvalue weighted by Crippen LogP contribution is 2.38. The first kappa shape index (κ1) is 10.8. The van der Waals surface area contributed by atoms with Gasteiger partial charge in [-0.15, -0.1) is 0 Å². The molecule has 0 radical (unpaired) electrons. The van der Waals surface area contributed by atoms with E-state index in [0.29, 0.717) is 5.56 Å². The number of hydrogen-bond acceptors (Lipinski definition) is 1. The van der Waals surface area contributed by atoms with E-state index in [9.17, 15) is 18.0 Å². The van der Waals surface area contributed by atoms with Crippen LogP contribution in [0.5, 0.6) is 0 Å². The van der Waals surface area contributed by atoms with Crippen LogP contribution in [0.15, 0.2) is 18.2 Å². The van der Waals surface area contributed by atoms with E-state index >= 15 is 0 Å².